The van der Waals surface area contributed by atoms with Crippen LogP contribution in [0, 0.1) is 22.0 Å². The lowest BCUT2D eigenvalue weighted by Crippen LogP contribution is -2.48. The molecule has 3 aliphatic rings. The number of nitro groups is 1. The molecule has 2 aliphatic heterocycles. The molecule has 314 valence electrons. The van der Waals surface area contributed by atoms with Gasteiger partial charge in [-0.25, -0.2) is 18.1 Å². The van der Waals surface area contributed by atoms with Gasteiger partial charge in [0.1, 0.15) is 22.8 Å². The molecule has 1 amide bonds. The maximum Gasteiger partial charge on any atom is 0.293 e. The summed E-state index contributed by atoms with van der Waals surface area (Å²) in [6.45, 7) is 8.08. The van der Waals surface area contributed by atoms with Crippen LogP contribution in [0.3, 0.4) is 0 Å². The second kappa shape index (κ2) is 18.0. The van der Waals surface area contributed by atoms with Crippen molar-refractivity contribution < 1.29 is 27.6 Å². The summed E-state index contributed by atoms with van der Waals surface area (Å²) in [5, 5.41) is 16.7. The Hall–Kier alpha value is -5.48. The summed E-state index contributed by atoms with van der Waals surface area (Å²) >= 11 is 6.22. The Kier molecular flexibility index (Phi) is 12.4. The summed E-state index contributed by atoms with van der Waals surface area (Å²) in [4.78, 5) is 37.1. The average Bonchev–Trinajstić information content (AvgIpc) is 3.72. The number of carbonyl (C=O) groups is 1. The number of rotatable bonds is 13. The Bertz CT molecular complexity index is 2500. The number of carbonyl (C=O) groups excluding carboxylic acids is 1. The van der Waals surface area contributed by atoms with Gasteiger partial charge >= 0.3 is 0 Å². The standard InChI is InChI=1S/C44H48ClN7O7S/c1-29-2-3-33(39(22-29)31-4-6-34(45)7-5-31)28-50-16-18-51(19-17-50)35-8-10-38(42(24-35)59-36-23-32-12-15-46-43(32)48-27-36)44(53)49-60(56,57)37-9-11-40(41(25-37)52(54)55)47-26-30-13-20-58-21-14-30/h2,4-12,15,23-25,27,30,33,39,47H,3,13-14,16-22,26,28H2,1H3,(H,46,48)(H,49,53)/t33-,39+/m0/s1. The molecule has 0 bridgehead atoms. The highest BCUT2D eigenvalue weighted by molar-refractivity contribution is 7.90. The number of hydrogen-bond acceptors (Lipinski definition) is 11. The molecule has 0 unspecified atom stereocenters. The first-order chi connectivity index (χ1) is 29.0. The van der Waals surface area contributed by atoms with Gasteiger partial charge in [-0.3, -0.25) is 19.8 Å². The number of allylic oxidation sites excluding steroid dienone is 2. The third-order valence-corrected chi connectivity index (χ3v) is 13.4. The maximum atomic E-state index is 13.9. The van der Waals surface area contributed by atoms with Crippen LogP contribution in [0.25, 0.3) is 11.0 Å². The number of nitrogens with one attached hydrogen (secondary N) is 3. The molecule has 3 aromatic carbocycles. The summed E-state index contributed by atoms with van der Waals surface area (Å²) in [5.41, 5.74) is 3.96. The highest BCUT2D eigenvalue weighted by Crippen LogP contribution is 2.39. The van der Waals surface area contributed by atoms with Crippen molar-refractivity contribution in [1.29, 1.82) is 0 Å². The number of sulfonamides is 1. The highest BCUT2D eigenvalue weighted by Gasteiger charge is 2.31. The Balaban J connectivity index is 0.988. The molecular weight excluding hydrogens is 806 g/mol. The number of anilines is 2. The second-order valence-electron chi connectivity index (χ2n) is 15.9. The van der Waals surface area contributed by atoms with Crippen LogP contribution in [0.4, 0.5) is 17.1 Å². The maximum absolute atomic E-state index is 13.9. The van der Waals surface area contributed by atoms with E-state index < -0.39 is 31.4 Å². The zero-order valence-corrected chi connectivity index (χ0v) is 34.9. The Morgan fingerprint density at radius 2 is 1.82 bits per heavy atom. The fourth-order valence-corrected chi connectivity index (χ4v) is 9.55. The first-order valence-electron chi connectivity index (χ1n) is 20.3. The number of aromatic amines is 1. The van der Waals surface area contributed by atoms with Gasteiger partial charge in [0.15, 0.2) is 0 Å². The van der Waals surface area contributed by atoms with Crippen molar-refractivity contribution >= 4 is 55.6 Å². The van der Waals surface area contributed by atoms with E-state index >= 15 is 0 Å². The van der Waals surface area contributed by atoms with Crippen LogP contribution in [0.5, 0.6) is 11.5 Å². The molecule has 4 heterocycles. The van der Waals surface area contributed by atoms with E-state index in [4.69, 9.17) is 21.1 Å². The number of halogens is 1. The number of benzene rings is 3. The van der Waals surface area contributed by atoms with Crippen molar-refractivity contribution in [1.82, 2.24) is 19.6 Å². The molecule has 5 aromatic rings. The number of ether oxygens (including phenoxy) is 2. The van der Waals surface area contributed by atoms with Gasteiger partial charge in [-0.2, -0.15) is 0 Å². The van der Waals surface area contributed by atoms with E-state index in [1.165, 1.54) is 29.5 Å². The van der Waals surface area contributed by atoms with Crippen LogP contribution < -0.4 is 19.7 Å². The second-order valence-corrected chi connectivity index (χ2v) is 18.0. The first kappa shape index (κ1) is 41.3. The lowest BCUT2D eigenvalue weighted by atomic mass is 9.75. The van der Waals surface area contributed by atoms with Gasteiger partial charge in [-0.15, -0.1) is 0 Å². The molecule has 8 rings (SSSR count). The molecule has 3 N–H and O–H groups in total. The first-order valence-corrected chi connectivity index (χ1v) is 22.2. The van der Waals surface area contributed by atoms with E-state index in [0.29, 0.717) is 43.0 Å². The van der Waals surface area contributed by atoms with E-state index in [9.17, 15) is 23.3 Å². The summed E-state index contributed by atoms with van der Waals surface area (Å²) in [6.07, 6.45) is 9.36. The molecule has 0 saturated carbocycles. The number of pyridine rings is 1. The van der Waals surface area contributed by atoms with Gasteiger partial charge in [-0.1, -0.05) is 35.4 Å². The van der Waals surface area contributed by atoms with Crippen molar-refractivity contribution in [3.8, 4) is 11.5 Å². The van der Waals surface area contributed by atoms with Gasteiger partial charge < -0.3 is 24.7 Å². The summed E-state index contributed by atoms with van der Waals surface area (Å²) in [7, 11) is -4.55. The van der Waals surface area contributed by atoms with E-state index in [1.54, 1.807) is 30.5 Å². The normalized spacial score (nSPS) is 19.2. The van der Waals surface area contributed by atoms with Crippen molar-refractivity contribution in [2.45, 2.75) is 43.4 Å². The Labute approximate surface area is 354 Å². The molecule has 1 aliphatic carbocycles. The third kappa shape index (κ3) is 9.60. The molecule has 2 fully saturated rings. The van der Waals surface area contributed by atoms with Gasteiger partial charge in [-0.05, 0) is 104 Å². The van der Waals surface area contributed by atoms with Gasteiger partial charge in [0.25, 0.3) is 21.6 Å². The minimum absolute atomic E-state index is 0.0340. The Morgan fingerprint density at radius 1 is 1.03 bits per heavy atom. The quantitative estimate of drug-likeness (QED) is 0.0593. The minimum Gasteiger partial charge on any atom is -0.455 e. The van der Waals surface area contributed by atoms with Crippen molar-refractivity contribution in [3.05, 3.63) is 123 Å². The number of nitro benzene ring substituents is 1. The van der Waals surface area contributed by atoms with E-state index in [2.05, 4.69) is 54.9 Å². The Morgan fingerprint density at radius 3 is 2.58 bits per heavy atom. The highest BCUT2D eigenvalue weighted by atomic mass is 35.5. The number of aromatic nitrogens is 2. The van der Waals surface area contributed by atoms with Crippen LogP contribution in [-0.2, 0) is 14.8 Å². The monoisotopic (exact) mass is 853 g/mol. The van der Waals surface area contributed by atoms with E-state index in [0.717, 1.165) is 80.6 Å². The number of fused-ring (bicyclic) bond motifs is 1. The van der Waals surface area contributed by atoms with Crippen LogP contribution >= 0.6 is 11.6 Å². The summed E-state index contributed by atoms with van der Waals surface area (Å²) < 4.78 is 41.1. The largest absolute Gasteiger partial charge is 0.455 e. The zero-order chi connectivity index (χ0) is 41.8. The smallest absolute Gasteiger partial charge is 0.293 e. The van der Waals surface area contributed by atoms with Crippen molar-refractivity contribution in [2.24, 2.45) is 11.8 Å². The molecule has 2 atom stereocenters. The van der Waals surface area contributed by atoms with E-state index in [-0.39, 0.29) is 22.9 Å². The molecule has 0 spiro atoms. The van der Waals surface area contributed by atoms with Crippen LogP contribution in [0.1, 0.15) is 54.4 Å². The van der Waals surface area contributed by atoms with Crippen LogP contribution in [0.2, 0.25) is 5.02 Å². The molecule has 2 aromatic heterocycles. The average molecular weight is 854 g/mol. The third-order valence-electron chi connectivity index (χ3n) is 11.8. The lowest BCUT2D eigenvalue weighted by Gasteiger charge is -2.40. The van der Waals surface area contributed by atoms with Crippen molar-refractivity contribution in [2.75, 3.05) is 62.7 Å². The van der Waals surface area contributed by atoms with Crippen molar-refractivity contribution in [3.63, 3.8) is 0 Å². The predicted octanol–water partition coefficient (Wildman–Crippen LogP) is 8.14. The lowest BCUT2D eigenvalue weighted by molar-refractivity contribution is -0.384. The zero-order valence-electron chi connectivity index (χ0n) is 33.3. The number of H-pyrrole nitrogens is 1. The fourth-order valence-electron chi connectivity index (χ4n) is 8.44. The number of hydrogen-bond donors (Lipinski definition) is 3. The SMILES string of the molecule is CC1=CC[C@@H](CN2CCN(c3ccc(C(=O)NS(=O)(=O)c4ccc(NCC5CCOCC5)c([N+](=O)[O-])c4)c(Oc4cnc5[nH]ccc5c4)c3)CC2)[C@@H](c2ccc(Cl)cc2)C1. The topological polar surface area (TPSA) is 172 Å². The van der Waals surface area contributed by atoms with Gasteiger partial charge in [0, 0.05) is 86.9 Å². The number of nitrogens with zero attached hydrogens (tertiary/aromatic N) is 4. The van der Waals surface area contributed by atoms with E-state index in [1.807, 2.05) is 18.2 Å². The molecule has 14 nitrogen and oxygen atoms in total. The minimum atomic E-state index is -4.55. The van der Waals surface area contributed by atoms with Gasteiger partial charge in [0.05, 0.1) is 21.6 Å². The van der Waals surface area contributed by atoms with Crippen LogP contribution in [-0.4, -0.2) is 86.6 Å². The predicted molar refractivity (Wildman–Crippen MR) is 232 cm³/mol. The molecule has 60 heavy (non-hydrogen) atoms. The molecule has 16 heteroatoms. The molecular formula is C44H48ClN7O7S. The molecule has 2 saturated heterocycles. The fraction of sp³-hybridized carbons (Fsp3) is 0.364. The number of amides is 1. The van der Waals surface area contributed by atoms with Crippen LogP contribution in [0.15, 0.2) is 102 Å². The van der Waals surface area contributed by atoms with Gasteiger partial charge in [0.2, 0.25) is 0 Å². The number of piperazine rings is 1. The summed E-state index contributed by atoms with van der Waals surface area (Å²) in [5.74, 6) is 0.710. The summed E-state index contributed by atoms with van der Waals surface area (Å²) in [6, 6.07) is 20.5. The molecule has 0 radical (unpaired) electrons.